The molecule has 3 aromatic rings. The van der Waals surface area contributed by atoms with Gasteiger partial charge in [0.25, 0.3) is 11.5 Å². The molecule has 0 aliphatic rings. The lowest BCUT2D eigenvalue weighted by atomic mass is 10.0. The van der Waals surface area contributed by atoms with E-state index in [-0.39, 0.29) is 29.8 Å². The first-order valence-electron chi connectivity index (χ1n) is 12.6. The summed E-state index contributed by atoms with van der Waals surface area (Å²) in [6.45, 7) is 6.27. The van der Waals surface area contributed by atoms with Gasteiger partial charge in [-0.25, -0.2) is 4.68 Å². The summed E-state index contributed by atoms with van der Waals surface area (Å²) in [6.07, 6.45) is -9.44. The molecule has 0 fully saturated rings. The maximum atomic E-state index is 13.5. The first-order chi connectivity index (χ1) is 18.5. The molecule has 6 nitrogen and oxygen atoms in total. The average molecular weight is 570 g/mol. The van der Waals surface area contributed by atoms with Gasteiger partial charge in [0.05, 0.1) is 29.1 Å². The highest BCUT2D eigenvalue weighted by molar-refractivity contribution is 6.03. The molecule has 0 bridgehead atoms. The van der Waals surface area contributed by atoms with Crippen molar-refractivity contribution in [1.82, 2.24) is 14.7 Å². The minimum Gasteiger partial charge on any atom is -0.331 e. The molecule has 0 aliphatic heterocycles. The Hall–Kier alpha value is -3.83. The van der Waals surface area contributed by atoms with Crippen molar-refractivity contribution in [2.75, 3.05) is 13.1 Å². The topological polar surface area (TPSA) is 75.2 Å². The summed E-state index contributed by atoms with van der Waals surface area (Å²) < 4.78 is 81.4. The van der Waals surface area contributed by atoms with Crippen LogP contribution >= 0.6 is 0 Å². The van der Waals surface area contributed by atoms with Crippen LogP contribution in [0.3, 0.4) is 0 Å². The quantitative estimate of drug-likeness (QED) is 0.229. The van der Waals surface area contributed by atoms with Gasteiger partial charge in [0, 0.05) is 12.1 Å². The summed E-state index contributed by atoms with van der Waals surface area (Å²) in [6, 6.07) is 7.50. The molecular formula is C28H29F6N3O3. The van der Waals surface area contributed by atoms with Gasteiger partial charge >= 0.3 is 12.4 Å². The number of Topliss-reactive ketones (excluding diaryl/α,β-unsaturated/α-hetero) is 1. The fraction of sp³-hybridized carbons (Fsp3) is 0.393. The summed E-state index contributed by atoms with van der Waals surface area (Å²) in [4.78, 5) is 41.0. The smallest absolute Gasteiger partial charge is 0.331 e. The van der Waals surface area contributed by atoms with Crippen molar-refractivity contribution in [3.63, 3.8) is 0 Å². The number of unbranched alkanes of at least 4 members (excludes halogenated alkanes) is 1. The number of benzene rings is 2. The summed E-state index contributed by atoms with van der Waals surface area (Å²) in [5.74, 6) is -2.29. The Morgan fingerprint density at radius 2 is 1.50 bits per heavy atom. The van der Waals surface area contributed by atoms with E-state index in [4.69, 9.17) is 0 Å². The number of rotatable bonds is 9. The molecule has 216 valence electrons. The molecule has 1 aromatic heterocycles. The molecule has 0 spiro atoms. The van der Waals surface area contributed by atoms with E-state index in [9.17, 15) is 40.7 Å². The van der Waals surface area contributed by atoms with E-state index < -0.39 is 52.8 Å². The van der Waals surface area contributed by atoms with E-state index in [1.165, 1.54) is 4.68 Å². The van der Waals surface area contributed by atoms with E-state index in [0.29, 0.717) is 30.7 Å². The van der Waals surface area contributed by atoms with Gasteiger partial charge in [-0.2, -0.15) is 26.3 Å². The molecule has 1 N–H and O–H groups in total. The number of H-pyrrole nitrogens is 1. The maximum Gasteiger partial charge on any atom is 0.416 e. The summed E-state index contributed by atoms with van der Waals surface area (Å²) in [5.41, 5.74) is -3.36. The number of hydrogen-bond acceptors (Lipinski definition) is 3. The highest BCUT2D eigenvalue weighted by atomic mass is 19.4. The highest BCUT2D eigenvalue weighted by Gasteiger charge is 2.38. The van der Waals surface area contributed by atoms with E-state index in [2.05, 4.69) is 5.10 Å². The zero-order chi connectivity index (χ0) is 30.0. The summed E-state index contributed by atoms with van der Waals surface area (Å²) in [7, 11) is 0. The van der Waals surface area contributed by atoms with Crippen molar-refractivity contribution >= 4 is 11.7 Å². The molecule has 0 saturated carbocycles. The Morgan fingerprint density at radius 1 is 0.950 bits per heavy atom. The fourth-order valence-electron chi connectivity index (χ4n) is 4.13. The third-order valence-corrected chi connectivity index (χ3v) is 6.30. The molecule has 12 heteroatoms. The number of carbonyl (C=O) groups is 2. The van der Waals surface area contributed by atoms with E-state index in [0.717, 1.165) is 10.5 Å². The van der Waals surface area contributed by atoms with Crippen molar-refractivity contribution in [3.8, 4) is 5.69 Å². The van der Waals surface area contributed by atoms with Gasteiger partial charge in [0.1, 0.15) is 5.56 Å². The molecule has 1 amide bonds. The fourth-order valence-corrected chi connectivity index (χ4v) is 4.13. The van der Waals surface area contributed by atoms with Crippen LogP contribution in [0.1, 0.15) is 82.6 Å². The number of aromatic amines is 1. The van der Waals surface area contributed by atoms with Gasteiger partial charge in [-0.1, -0.05) is 44.9 Å². The lowest BCUT2D eigenvalue weighted by molar-refractivity contribution is -0.143. The monoisotopic (exact) mass is 569 g/mol. The molecule has 0 radical (unpaired) electrons. The Balaban J connectivity index is 2.05. The van der Waals surface area contributed by atoms with Crippen LogP contribution < -0.4 is 5.56 Å². The van der Waals surface area contributed by atoms with Crippen LogP contribution in [0.2, 0.25) is 0 Å². The maximum absolute atomic E-state index is 13.5. The molecular weight excluding hydrogens is 540 g/mol. The minimum absolute atomic E-state index is 0.0689. The Morgan fingerprint density at radius 3 is 1.98 bits per heavy atom. The largest absolute Gasteiger partial charge is 0.416 e. The molecule has 0 atom stereocenters. The predicted molar refractivity (Wildman–Crippen MR) is 137 cm³/mol. The van der Waals surface area contributed by atoms with Crippen LogP contribution in [0.4, 0.5) is 26.3 Å². The molecule has 40 heavy (non-hydrogen) atoms. The number of amides is 1. The van der Waals surface area contributed by atoms with Crippen LogP contribution in [0.5, 0.6) is 0 Å². The third kappa shape index (κ3) is 6.83. The van der Waals surface area contributed by atoms with Gasteiger partial charge in [-0.3, -0.25) is 19.5 Å². The van der Waals surface area contributed by atoms with E-state index >= 15 is 0 Å². The van der Waals surface area contributed by atoms with Gasteiger partial charge in [0.2, 0.25) is 0 Å². The predicted octanol–water partition coefficient (Wildman–Crippen LogP) is 6.76. The lowest BCUT2D eigenvalue weighted by Crippen LogP contribution is -2.38. The van der Waals surface area contributed by atoms with Crippen molar-refractivity contribution in [2.24, 2.45) is 0 Å². The molecule has 0 aliphatic carbocycles. The van der Waals surface area contributed by atoms with Crippen LogP contribution in [-0.2, 0) is 12.4 Å². The number of nitrogens with one attached hydrogen (secondary N) is 1. The zero-order valence-corrected chi connectivity index (χ0v) is 22.3. The number of aromatic nitrogens is 2. The van der Waals surface area contributed by atoms with Gasteiger partial charge in [0.15, 0.2) is 5.78 Å². The molecule has 0 unspecified atom stereocenters. The average Bonchev–Trinajstić information content (AvgIpc) is 3.22. The summed E-state index contributed by atoms with van der Waals surface area (Å²) in [5, 5.41) is 2.92. The third-order valence-electron chi connectivity index (χ3n) is 6.30. The van der Waals surface area contributed by atoms with E-state index in [1.807, 2.05) is 6.92 Å². The number of carbonyl (C=O) groups excluding carboxylic acids is 2. The van der Waals surface area contributed by atoms with Crippen LogP contribution in [-0.4, -0.2) is 39.5 Å². The minimum atomic E-state index is -5.14. The SMILES string of the molecule is CCCCN(CC(=O)c1c(C(C)C)[nH]n(-c2ccc(C)cc2)c1=O)C(=O)c1cc(C(F)(F)F)cc(C(F)(F)F)c1. The summed E-state index contributed by atoms with van der Waals surface area (Å²) >= 11 is 0. The molecule has 3 rings (SSSR count). The van der Waals surface area contributed by atoms with Crippen LogP contribution in [0, 0.1) is 6.92 Å². The normalized spacial score (nSPS) is 12.2. The number of nitrogens with zero attached hydrogens (tertiary/aromatic N) is 2. The Bertz CT molecular complexity index is 1400. The van der Waals surface area contributed by atoms with Gasteiger partial charge in [-0.15, -0.1) is 0 Å². The second-order valence-corrected chi connectivity index (χ2v) is 9.83. The second kappa shape index (κ2) is 11.7. The number of halogens is 6. The van der Waals surface area contributed by atoms with Gasteiger partial charge < -0.3 is 4.90 Å². The molecule has 1 heterocycles. The molecule has 2 aromatic carbocycles. The van der Waals surface area contributed by atoms with Crippen molar-refractivity contribution < 1.29 is 35.9 Å². The first kappa shape index (κ1) is 30.7. The second-order valence-electron chi connectivity index (χ2n) is 9.83. The van der Waals surface area contributed by atoms with Crippen molar-refractivity contribution in [1.29, 1.82) is 0 Å². The highest BCUT2D eigenvalue weighted by Crippen LogP contribution is 2.36. The van der Waals surface area contributed by atoms with Crippen molar-refractivity contribution in [2.45, 2.75) is 58.8 Å². The number of alkyl halides is 6. The number of aryl methyl sites for hydroxylation is 1. The molecule has 0 saturated heterocycles. The lowest BCUT2D eigenvalue weighted by Gasteiger charge is -2.23. The van der Waals surface area contributed by atoms with Crippen LogP contribution in [0.25, 0.3) is 5.69 Å². The van der Waals surface area contributed by atoms with Gasteiger partial charge in [-0.05, 0) is 49.6 Å². The van der Waals surface area contributed by atoms with E-state index in [1.54, 1.807) is 45.0 Å². The standard InChI is InChI=1S/C28H29F6N3O3/c1-5-6-11-36(25(39)18-12-19(27(29,30)31)14-20(13-18)28(32,33)34)15-22(38)23-24(16(2)3)35-37(26(23)40)21-9-7-17(4)8-10-21/h7-10,12-14,16,35H,5-6,11,15H2,1-4H3. The first-order valence-corrected chi connectivity index (χ1v) is 12.6. The zero-order valence-electron chi connectivity index (χ0n) is 22.3. The van der Waals surface area contributed by atoms with Crippen LogP contribution in [0.15, 0.2) is 47.3 Å². The number of hydrogen-bond donors (Lipinski definition) is 1. The Kier molecular flexibility index (Phi) is 9.00. The number of ketones is 1. The van der Waals surface area contributed by atoms with Crippen molar-refractivity contribution in [3.05, 3.63) is 86.3 Å². The Labute approximate surface area is 226 Å².